The second kappa shape index (κ2) is 6.28. The summed E-state index contributed by atoms with van der Waals surface area (Å²) >= 11 is 0. The number of benzene rings is 2. The van der Waals surface area contributed by atoms with Gasteiger partial charge in [-0.1, -0.05) is 72.8 Å². The minimum absolute atomic E-state index is 0.158. The molecular formula is C24H25NO. The first-order chi connectivity index (χ1) is 12.6. The Morgan fingerprint density at radius 3 is 2.23 bits per heavy atom. The van der Waals surface area contributed by atoms with Gasteiger partial charge in [-0.2, -0.15) is 0 Å². The third-order valence-corrected chi connectivity index (χ3v) is 6.36. The van der Waals surface area contributed by atoms with Crippen LogP contribution in [0.4, 0.5) is 0 Å². The molecule has 1 amide bonds. The lowest BCUT2D eigenvalue weighted by atomic mass is 9.72. The summed E-state index contributed by atoms with van der Waals surface area (Å²) in [5, 5.41) is 0. The summed E-state index contributed by atoms with van der Waals surface area (Å²) in [5.41, 5.74) is 1.70. The van der Waals surface area contributed by atoms with E-state index in [0.29, 0.717) is 6.54 Å². The number of carbonyl (C=O) groups excluding carboxylic acids is 1. The molecule has 0 bridgehead atoms. The van der Waals surface area contributed by atoms with Crippen molar-refractivity contribution in [1.29, 1.82) is 0 Å². The van der Waals surface area contributed by atoms with E-state index in [4.69, 9.17) is 0 Å². The average Bonchev–Trinajstić information content (AvgIpc) is 3.16. The second-order valence-electron chi connectivity index (χ2n) is 7.73. The van der Waals surface area contributed by atoms with Crippen molar-refractivity contribution in [2.75, 3.05) is 6.54 Å². The van der Waals surface area contributed by atoms with Crippen LogP contribution in [-0.4, -0.2) is 17.4 Å². The van der Waals surface area contributed by atoms with Crippen molar-refractivity contribution in [1.82, 2.24) is 4.90 Å². The molecule has 2 nitrogen and oxygen atoms in total. The van der Waals surface area contributed by atoms with E-state index < -0.39 is 5.41 Å². The molecule has 1 saturated heterocycles. The molecule has 4 rings (SSSR count). The number of allylic oxidation sites excluding steroid dienone is 2. The number of rotatable bonds is 5. The lowest BCUT2D eigenvalue weighted by Crippen LogP contribution is -2.39. The predicted octanol–water partition coefficient (Wildman–Crippen LogP) is 4.74. The molecule has 0 N–H and O–H groups in total. The molecule has 1 aliphatic carbocycles. The molecule has 2 aromatic rings. The van der Waals surface area contributed by atoms with Gasteiger partial charge in [-0.25, -0.2) is 0 Å². The molecule has 26 heavy (non-hydrogen) atoms. The van der Waals surface area contributed by atoms with Gasteiger partial charge < -0.3 is 4.90 Å². The quantitative estimate of drug-likeness (QED) is 0.718. The Morgan fingerprint density at radius 2 is 1.62 bits per heavy atom. The molecule has 1 saturated carbocycles. The van der Waals surface area contributed by atoms with E-state index in [1.807, 2.05) is 53.5 Å². The van der Waals surface area contributed by atoms with Crippen molar-refractivity contribution < 1.29 is 4.79 Å². The first-order valence-electron chi connectivity index (χ1n) is 9.29. The fraction of sp³-hybridized carbons (Fsp3) is 0.292. The van der Waals surface area contributed by atoms with E-state index in [9.17, 15) is 4.79 Å². The van der Waals surface area contributed by atoms with Crippen LogP contribution >= 0.6 is 0 Å². The zero-order valence-corrected chi connectivity index (χ0v) is 15.1. The number of carbonyl (C=O) groups is 1. The third kappa shape index (κ3) is 2.44. The van der Waals surface area contributed by atoms with Crippen LogP contribution in [0, 0.1) is 11.3 Å². The number of hydrogen-bond donors (Lipinski definition) is 0. The Bertz CT molecular complexity index is 818. The second-order valence-corrected chi connectivity index (χ2v) is 7.73. The van der Waals surface area contributed by atoms with Gasteiger partial charge in [0.15, 0.2) is 0 Å². The summed E-state index contributed by atoms with van der Waals surface area (Å²) in [6, 6.07) is 20.6. The van der Waals surface area contributed by atoms with Crippen molar-refractivity contribution in [3.05, 3.63) is 97.1 Å². The van der Waals surface area contributed by atoms with E-state index in [-0.39, 0.29) is 17.2 Å². The zero-order valence-electron chi connectivity index (χ0n) is 15.1. The maximum absolute atomic E-state index is 13.7. The summed E-state index contributed by atoms with van der Waals surface area (Å²) < 4.78 is 0. The minimum atomic E-state index is -0.460. The smallest absolute Gasteiger partial charge is 0.233 e. The summed E-state index contributed by atoms with van der Waals surface area (Å²) in [6.45, 7) is 9.58. The molecule has 132 valence electrons. The van der Waals surface area contributed by atoms with Crippen LogP contribution in [0.2, 0.25) is 0 Å². The van der Waals surface area contributed by atoms with E-state index in [1.165, 1.54) is 5.56 Å². The van der Waals surface area contributed by atoms with Gasteiger partial charge in [0, 0.05) is 18.5 Å². The van der Waals surface area contributed by atoms with E-state index >= 15 is 0 Å². The number of likely N-dealkylation sites (tertiary alicyclic amines) is 1. The Hall–Kier alpha value is -2.61. The van der Waals surface area contributed by atoms with Crippen molar-refractivity contribution in [3.8, 4) is 0 Å². The van der Waals surface area contributed by atoms with Gasteiger partial charge in [0.25, 0.3) is 0 Å². The molecule has 0 unspecified atom stereocenters. The molecule has 1 aliphatic heterocycles. The summed E-state index contributed by atoms with van der Waals surface area (Å²) in [7, 11) is 0. The van der Waals surface area contributed by atoms with E-state index in [2.05, 4.69) is 37.4 Å². The van der Waals surface area contributed by atoms with Crippen LogP contribution in [0.1, 0.15) is 24.0 Å². The molecule has 2 aliphatic rings. The highest BCUT2D eigenvalue weighted by Crippen LogP contribution is 2.59. The predicted molar refractivity (Wildman–Crippen MR) is 106 cm³/mol. The fourth-order valence-corrected chi connectivity index (χ4v) is 5.00. The van der Waals surface area contributed by atoms with Gasteiger partial charge in [-0.15, -0.1) is 13.2 Å². The molecule has 2 atom stereocenters. The highest BCUT2D eigenvalue weighted by atomic mass is 16.2. The normalized spacial score (nSPS) is 26.5. The first-order valence-corrected chi connectivity index (χ1v) is 9.29. The number of fused-ring (bicyclic) bond motifs is 1. The van der Waals surface area contributed by atoms with Gasteiger partial charge in [0.05, 0.1) is 5.41 Å². The lowest BCUT2D eigenvalue weighted by molar-refractivity contribution is -0.133. The van der Waals surface area contributed by atoms with Crippen LogP contribution in [0.15, 0.2) is 86.0 Å². The maximum Gasteiger partial charge on any atom is 0.233 e. The van der Waals surface area contributed by atoms with Crippen molar-refractivity contribution in [2.45, 2.75) is 24.8 Å². The van der Waals surface area contributed by atoms with Gasteiger partial charge in [0.1, 0.15) is 0 Å². The van der Waals surface area contributed by atoms with Crippen LogP contribution in [0.3, 0.4) is 0 Å². The summed E-state index contributed by atoms with van der Waals surface area (Å²) in [6.07, 6.45) is 5.70. The van der Waals surface area contributed by atoms with Gasteiger partial charge in [-0.3, -0.25) is 4.79 Å². The van der Waals surface area contributed by atoms with Crippen LogP contribution in [-0.2, 0) is 16.8 Å². The SMILES string of the molecule is C=CC1(C=C)C[C@@H]2CN(Cc3ccccc3)C(=O)[C@]2(c2ccccc2)C1. The van der Waals surface area contributed by atoms with E-state index in [0.717, 1.165) is 24.9 Å². The summed E-state index contributed by atoms with van der Waals surface area (Å²) in [4.78, 5) is 15.7. The highest BCUT2D eigenvalue weighted by molar-refractivity contribution is 5.92. The van der Waals surface area contributed by atoms with Gasteiger partial charge in [0.2, 0.25) is 5.91 Å². The Balaban J connectivity index is 1.73. The van der Waals surface area contributed by atoms with E-state index in [1.54, 1.807) is 0 Å². The molecule has 2 aromatic carbocycles. The van der Waals surface area contributed by atoms with Crippen LogP contribution < -0.4 is 0 Å². The zero-order chi connectivity index (χ0) is 18.2. The van der Waals surface area contributed by atoms with Crippen LogP contribution in [0.25, 0.3) is 0 Å². The third-order valence-electron chi connectivity index (χ3n) is 6.36. The van der Waals surface area contributed by atoms with Crippen LogP contribution in [0.5, 0.6) is 0 Å². The molecule has 2 fully saturated rings. The summed E-state index contributed by atoms with van der Waals surface area (Å²) in [5.74, 6) is 0.542. The van der Waals surface area contributed by atoms with Crippen molar-refractivity contribution in [3.63, 3.8) is 0 Å². The van der Waals surface area contributed by atoms with Gasteiger partial charge in [-0.05, 0) is 29.9 Å². The standard InChI is InChI=1S/C24H25NO/c1-3-23(4-2)15-21-17-25(16-19-11-7-5-8-12-19)22(26)24(21,18-23)20-13-9-6-10-14-20/h3-14,21H,1-2,15-18H2/t21-,24+/m1/s1. The number of amides is 1. The lowest BCUT2D eigenvalue weighted by Gasteiger charge is -2.30. The number of nitrogens with zero attached hydrogens (tertiary/aromatic N) is 1. The average molecular weight is 343 g/mol. The molecule has 2 heteroatoms. The van der Waals surface area contributed by atoms with Crippen molar-refractivity contribution >= 4 is 5.91 Å². The monoisotopic (exact) mass is 343 g/mol. The topological polar surface area (TPSA) is 20.3 Å². The molecule has 0 spiro atoms. The highest BCUT2D eigenvalue weighted by Gasteiger charge is 2.62. The largest absolute Gasteiger partial charge is 0.337 e. The molecular weight excluding hydrogens is 318 g/mol. The fourth-order valence-electron chi connectivity index (χ4n) is 5.00. The Morgan fingerprint density at radius 1 is 1.00 bits per heavy atom. The maximum atomic E-state index is 13.7. The van der Waals surface area contributed by atoms with Gasteiger partial charge >= 0.3 is 0 Å². The molecule has 0 aromatic heterocycles. The molecule has 0 radical (unpaired) electrons. The minimum Gasteiger partial charge on any atom is -0.337 e. The number of hydrogen-bond acceptors (Lipinski definition) is 1. The first kappa shape index (κ1) is 16.8. The van der Waals surface area contributed by atoms with Crippen molar-refractivity contribution in [2.24, 2.45) is 11.3 Å². The molecule has 1 heterocycles. The Kier molecular flexibility index (Phi) is 4.07. The Labute approximate surface area is 155 Å².